The summed E-state index contributed by atoms with van der Waals surface area (Å²) in [5, 5.41) is 36.5. The summed E-state index contributed by atoms with van der Waals surface area (Å²) in [6, 6.07) is 12.6. The lowest BCUT2D eigenvalue weighted by Crippen LogP contribution is -2.47. The molecule has 1 atom stereocenters. The van der Waals surface area contributed by atoms with Crippen LogP contribution >= 0.6 is 11.3 Å². The molecule has 75 heavy (non-hydrogen) atoms. The number of nitrogens with one attached hydrogen (secondary N) is 3. The maximum absolute atomic E-state index is 15.6. The van der Waals surface area contributed by atoms with Gasteiger partial charge in [-0.1, -0.05) is 25.5 Å². The van der Waals surface area contributed by atoms with E-state index in [1.165, 1.54) is 49.1 Å². The highest BCUT2D eigenvalue weighted by Gasteiger charge is 2.37. The third kappa shape index (κ3) is 11.8. The summed E-state index contributed by atoms with van der Waals surface area (Å²) < 4.78 is 67.5. The second-order valence-electron chi connectivity index (χ2n) is 22.0. The van der Waals surface area contributed by atoms with Crippen LogP contribution in [0, 0.1) is 33.1 Å². The van der Waals surface area contributed by atoms with E-state index in [1.54, 1.807) is 36.7 Å². The van der Waals surface area contributed by atoms with Crippen molar-refractivity contribution < 1.29 is 46.7 Å². The molecular formula is C55H63F2N7O9S2. The summed E-state index contributed by atoms with van der Waals surface area (Å²) in [6.45, 7) is 12.8. The number of fused-ring (bicyclic) bond motifs is 1. The van der Waals surface area contributed by atoms with Gasteiger partial charge in [-0.25, -0.2) is 26.9 Å². The summed E-state index contributed by atoms with van der Waals surface area (Å²) in [4.78, 5) is 50.5. The molecule has 0 radical (unpaired) electrons. The Morgan fingerprint density at radius 1 is 1.03 bits per heavy atom. The molecule has 20 heteroatoms. The van der Waals surface area contributed by atoms with Crippen LogP contribution < -0.4 is 19.7 Å². The van der Waals surface area contributed by atoms with Crippen LogP contribution in [-0.2, 0) is 20.2 Å². The number of carboxylic acids is 1. The summed E-state index contributed by atoms with van der Waals surface area (Å²) in [7, 11) is -4.50. The standard InChI is InChI=1S/C55H63F2N7O9S2/c1-53(2)14-12-35(42(28-53)48-23-36(32-74-48)49-43(56)24-37(25-44(49)57)54(3,4)52(66)67)31-62-18-20-63(21-19-62)38-6-8-41(47(26-38)73-39-22-34-13-17-58-50(34)60-30-39)51(65)61-75(71,72)40-7-9-45(46(27-40)64(69)70)59-29-33-10-15-55(5,68)16-11-33/h6,8-9,13,17,22-27,30,32-33,40,59,68H,7,10-12,14-16,18-21,28-29,31H2,1-5H3,(H,58,60)(H,61,65)(H,66,67). The largest absolute Gasteiger partial charge is 0.481 e. The fraction of sp³-hybridized carbons (Fsp3) is 0.436. The normalized spacial score (nSPS) is 21.6. The summed E-state index contributed by atoms with van der Waals surface area (Å²) in [6.07, 6.45) is 11.0. The molecule has 1 amide bonds. The monoisotopic (exact) mass is 1070 g/mol. The topological polar surface area (TPSA) is 220 Å². The molecule has 0 bridgehead atoms. The van der Waals surface area contributed by atoms with Gasteiger partial charge in [0.2, 0.25) is 10.0 Å². The van der Waals surface area contributed by atoms with Crippen molar-refractivity contribution in [2.24, 2.45) is 11.3 Å². The highest BCUT2D eigenvalue weighted by atomic mass is 32.2. The smallest absolute Gasteiger partial charge is 0.313 e. The lowest BCUT2D eigenvalue weighted by molar-refractivity contribution is -0.421. The zero-order valence-corrected chi connectivity index (χ0v) is 44.3. The van der Waals surface area contributed by atoms with Gasteiger partial charge in [0, 0.05) is 73.6 Å². The predicted octanol–water partition coefficient (Wildman–Crippen LogP) is 9.92. The Morgan fingerprint density at radius 2 is 1.75 bits per heavy atom. The number of sulfonamides is 1. The average molecular weight is 1070 g/mol. The number of anilines is 1. The van der Waals surface area contributed by atoms with Crippen LogP contribution in [0.5, 0.6) is 11.5 Å². The minimum atomic E-state index is -4.50. The van der Waals surface area contributed by atoms with Gasteiger partial charge in [-0.3, -0.25) is 24.6 Å². The number of amides is 1. The van der Waals surface area contributed by atoms with Gasteiger partial charge in [-0.05, 0) is 148 Å². The number of aliphatic carboxylic acids is 1. The second kappa shape index (κ2) is 20.9. The van der Waals surface area contributed by atoms with Gasteiger partial charge in [-0.2, -0.15) is 0 Å². The van der Waals surface area contributed by atoms with Gasteiger partial charge in [0.25, 0.3) is 11.6 Å². The molecule has 4 heterocycles. The van der Waals surface area contributed by atoms with Gasteiger partial charge in [0.05, 0.1) is 33.3 Å². The average Bonchev–Trinajstić information content (AvgIpc) is 4.04. The predicted molar refractivity (Wildman–Crippen MR) is 285 cm³/mol. The number of nitro groups is 1. The molecule has 2 fully saturated rings. The third-order valence-electron chi connectivity index (χ3n) is 15.4. The molecular weight excluding hydrogens is 1000 g/mol. The van der Waals surface area contributed by atoms with Gasteiger partial charge in [-0.15, -0.1) is 11.3 Å². The van der Waals surface area contributed by atoms with E-state index in [2.05, 4.69) is 43.7 Å². The molecule has 4 aliphatic rings. The van der Waals surface area contributed by atoms with Crippen molar-refractivity contribution in [3.8, 4) is 22.6 Å². The van der Waals surface area contributed by atoms with Gasteiger partial charge >= 0.3 is 5.97 Å². The van der Waals surface area contributed by atoms with Gasteiger partial charge < -0.3 is 30.2 Å². The first-order valence-corrected chi connectivity index (χ1v) is 27.7. The molecule has 1 unspecified atom stereocenters. The van der Waals surface area contributed by atoms with Crippen LogP contribution in [0.4, 0.5) is 14.5 Å². The quantitative estimate of drug-likeness (QED) is 0.0459. The highest BCUT2D eigenvalue weighted by molar-refractivity contribution is 7.90. The van der Waals surface area contributed by atoms with Crippen molar-refractivity contribution in [2.45, 2.75) is 102 Å². The summed E-state index contributed by atoms with van der Waals surface area (Å²) >= 11 is 1.44. The van der Waals surface area contributed by atoms with Crippen LogP contribution in [-0.4, -0.2) is 100 Å². The first-order valence-electron chi connectivity index (χ1n) is 25.3. The minimum Gasteiger partial charge on any atom is -0.481 e. The number of allylic oxidation sites excluding steroid dienone is 2. The van der Waals surface area contributed by atoms with Crippen LogP contribution in [0.1, 0.15) is 107 Å². The number of aliphatic hydroxyl groups is 1. The SMILES string of the molecule is CC1(C)CCC(CN2CCN(c3ccc(C(=O)NS(=O)(=O)C4C=C([N+](=O)[O-])C(NCC5CCC(C)(O)CC5)=CC4)c(Oc4cnc5[nH]ccc5c4)c3)CC2)=C(c2cc(-c3c(F)cc(C(C)(C)C(=O)O)cc3F)cs2)C1. The third-order valence-corrected chi connectivity index (χ3v) is 18.0. The molecule has 3 aromatic heterocycles. The van der Waals surface area contributed by atoms with E-state index in [0.29, 0.717) is 69.1 Å². The number of benzene rings is 2. The molecule has 3 aliphatic carbocycles. The van der Waals surface area contributed by atoms with Crippen LogP contribution in [0.2, 0.25) is 0 Å². The number of hydrogen-bond donors (Lipinski definition) is 5. The van der Waals surface area contributed by atoms with E-state index in [0.717, 1.165) is 71.8 Å². The Morgan fingerprint density at radius 3 is 2.44 bits per heavy atom. The van der Waals surface area contributed by atoms with Gasteiger partial charge in [0.1, 0.15) is 39.7 Å². The van der Waals surface area contributed by atoms with E-state index < -0.39 is 60.4 Å². The number of carboxylic acid groups (broad SMARTS) is 1. The molecule has 1 aliphatic heterocycles. The molecule has 16 nitrogen and oxygen atoms in total. The number of carbonyl (C=O) groups is 2. The number of ether oxygens (including phenoxy) is 1. The number of carbonyl (C=O) groups excluding carboxylic acids is 1. The molecule has 1 saturated carbocycles. The minimum absolute atomic E-state index is 0.00572. The highest BCUT2D eigenvalue weighted by Crippen LogP contribution is 2.46. The fourth-order valence-electron chi connectivity index (χ4n) is 10.5. The molecule has 2 aromatic carbocycles. The Kier molecular flexibility index (Phi) is 14.9. The van der Waals surface area contributed by atoms with Gasteiger partial charge in [0.15, 0.2) is 0 Å². The maximum atomic E-state index is 15.6. The fourth-order valence-corrected chi connectivity index (χ4v) is 12.6. The Balaban J connectivity index is 0.904. The first kappa shape index (κ1) is 53.3. The van der Waals surface area contributed by atoms with E-state index in [4.69, 9.17) is 4.74 Å². The number of halogens is 2. The van der Waals surface area contributed by atoms with Crippen molar-refractivity contribution in [2.75, 3.05) is 44.2 Å². The summed E-state index contributed by atoms with van der Waals surface area (Å²) in [5.41, 5.74) is 1.60. The first-order chi connectivity index (χ1) is 35.4. The second-order valence-corrected chi connectivity index (χ2v) is 24.8. The number of nitrogens with zero attached hydrogens (tertiary/aromatic N) is 4. The number of H-pyrrole nitrogens is 1. The lowest BCUT2D eigenvalue weighted by atomic mass is 9.73. The summed E-state index contributed by atoms with van der Waals surface area (Å²) in [5.74, 6) is -3.21. The Bertz CT molecular complexity index is 3230. The zero-order valence-electron chi connectivity index (χ0n) is 42.7. The van der Waals surface area contributed by atoms with E-state index in [1.807, 2.05) is 12.1 Å². The zero-order chi connectivity index (χ0) is 53.6. The van der Waals surface area contributed by atoms with Crippen LogP contribution in [0.15, 0.2) is 95.4 Å². The molecule has 9 rings (SSSR count). The van der Waals surface area contributed by atoms with Crippen molar-refractivity contribution in [1.29, 1.82) is 0 Å². The molecule has 5 aromatic rings. The number of aromatic amines is 1. The molecule has 0 spiro atoms. The van der Waals surface area contributed by atoms with E-state index in [9.17, 15) is 38.3 Å². The number of aromatic nitrogens is 2. The Hall–Kier alpha value is -6.48. The van der Waals surface area contributed by atoms with Crippen molar-refractivity contribution in [1.82, 2.24) is 24.9 Å². The molecule has 1 saturated heterocycles. The van der Waals surface area contributed by atoms with Crippen molar-refractivity contribution in [3.63, 3.8) is 0 Å². The van der Waals surface area contributed by atoms with Crippen molar-refractivity contribution >= 4 is 55.5 Å². The van der Waals surface area contributed by atoms with E-state index >= 15 is 8.78 Å². The Labute approximate surface area is 438 Å². The van der Waals surface area contributed by atoms with Crippen LogP contribution in [0.25, 0.3) is 27.7 Å². The van der Waals surface area contributed by atoms with Crippen molar-refractivity contribution in [3.05, 3.63) is 133 Å². The molecule has 5 N–H and O–H groups in total. The number of hydrogen-bond acceptors (Lipinski definition) is 13. The lowest BCUT2D eigenvalue weighted by Gasteiger charge is -2.39. The maximum Gasteiger partial charge on any atom is 0.313 e. The molecule has 398 valence electrons. The number of piperazine rings is 1. The van der Waals surface area contributed by atoms with E-state index in [-0.39, 0.29) is 45.9 Å². The number of rotatable bonds is 16. The van der Waals surface area contributed by atoms with Crippen LogP contribution in [0.3, 0.4) is 0 Å². The number of pyridine rings is 1. The number of thiophene rings is 1.